The van der Waals surface area contributed by atoms with Crippen molar-refractivity contribution < 1.29 is 9.59 Å². The second kappa shape index (κ2) is 9.47. The van der Waals surface area contributed by atoms with Gasteiger partial charge in [0.25, 0.3) is 11.5 Å². The van der Waals surface area contributed by atoms with Gasteiger partial charge in [0.05, 0.1) is 16.6 Å². The fourth-order valence-electron chi connectivity index (χ4n) is 4.69. The third-order valence-electron chi connectivity index (χ3n) is 6.25. The molecule has 2 aromatic heterocycles. The number of rotatable bonds is 5. The van der Waals surface area contributed by atoms with Crippen LogP contribution in [0.3, 0.4) is 0 Å². The van der Waals surface area contributed by atoms with Crippen molar-refractivity contribution in [2.24, 2.45) is 11.8 Å². The number of likely N-dealkylation sites (tertiary alicyclic amines) is 1. The van der Waals surface area contributed by atoms with Gasteiger partial charge in [-0.15, -0.1) is 11.3 Å². The maximum Gasteiger partial charge on any atom is 0.264 e. The summed E-state index contributed by atoms with van der Waals surface area (Å²) < 4.78 is 1.37. The van der Waals surface area contributed by atoms with Crippen LogP contribution in [0.2, 0.25) is 0 Å². The number of thiophene rings is 1. The Hall–Kier alpha value is -3.00. The van der Waals surface area contributed by atoms with Gasteiger partial charge in [-0.1, -0.05) is 44.2 Å². The molecule has 33 heavy (non-hydrogen) atoms. The molecule has 0 saturated carbocycles. The summed E-state index contributed by atoms with van der Waals surface area (Å²) >= 11 is 1.23. The maximum atomic E-state index is 13.2. The first-order valence-corrected chi connectivity index (χ1v) is 12.1. The predicted octanol–water partition coefficient (Wildman–Crippen LogP) is 3.54. The lowest BCUT2D eigenvalue weighted by Gasteiger charge is -2.35. The summed E-state index contributed by atoms with van der Waals surface area (Å²) in [6.45, 7) is 7.97. The van der Waals surface area contributed by atoms with E-state index in [-0.39, 0.29) is 23.9 Å². The molecule has 0 aliphatic carbocycles. The molecule has 0 N–H and O–H groups in total. The van der Waals surface area contributed by atoms with Crippen LogP contribution < -0.4 is 5.56 Å². The molecule has 174 valence electrons. The van der Waals surface area contributed by atoms with E-state index in [1.54, 1.807) is 18.9 Å². The number of hydrogen-bond donors (Lipinski definition) is 0. The largest absolute Gasteiger partial charge is 0.341 e. The molecule has 0 radical (unpaired) electrons. The van der Waals surface area contributed by atoms with Crippen molar-refractivity contribution in [2.75, 3.05) is 20.1 Å². The van der Waals surface area contributed by atoms with E-state index in [0.29, 0.717) is 39.0 Å². The standard InChI is InChI=1S/C25H30N4O3S/c1-16-10-17(2)12-28(11-16)20(30)14-29-15-26-23-21(24(29)31)18(3)22(33-23)25(32)27(4)13-19-8-6-5-7-9-19/h5-9,15-17H,10-14H2,1-4H3/t16-,17+. The minimum Gasteiger partial charge on any atom is -0.341 e. The zero-order chi connectivity index (χ0) is 23.7. The smallest absolute Gasteiger partial charge is 0.264 e. The zero-order valence-electron chi connectivity index (χ0n) is 19.6. The molecule has 0 unspecified atom stereocenters. The second-order valence-electron chi connectivity index (χ2n) is 9.31. The lowest BCUT2D eigenvalue weighted by atomic mass is 9.92. The fourth-order valence-corrected chi connectivity index (χ4v) is 5.82. The lowest BCUT2D eigenvalue weighted by molar-refractivity contribution is -0.134. The molecule has 1 aliphatic rings. The minimum atomic E-state index is -0.273. The van der Waals surface area contributed by atoms with Crippen LogP contribution in [0.5, 0.6) is 0 Å². The van der Waals surface area contributed by atoms with Gasteiger partial charge in [0.15, 0.2) is 0 Å². The Morgan fingerprint density at radius 1 is 1.15 bits per heavy atom. The summed E-state index contributed by atoms with van der Waals surface area (Å²) in [6.07, 6.45) is 2.54. The van der Waals surface area contributed by atoms with Crippen molar-refractivity contribution in [1.82, 2.24) is 19.4 Å². The molecule has 1 aliphatic heterocycles. The summed E-state index contributed by atoms with van der Waals surface area (Å²) in [5, 5.41) is 0.423. The quantitative estimate of drug-likeness (QED) is 0.576. The SMILES string of the molecule is Cc1c(C(=O)N(C)Cc2ccccc2)sc2ncn(CC(=O)N3C[C@H](C)C[C@H](C)C3)c(=O)c12. The van der Waals surface area contributed by atoms with Gasteiger partial charge in [-0.25, -0.2) is 4.98 Å². The van der Waals surface area contributed by atoms with Crippen molar-refractivity contribution in [2.45, 2.75) is 40.3 Å². The van der Waals surface area contributed by atoms with E-state index < -0.39 is 0 Å². The third-order valence-corrected chi connectivity index (χ3v) is 7.44. The van der Waals surface area contributed by atoms with Crippen molar-refractivity contribution in [3.05, 3.63) is 63.0 Å². The zero-order valence-corrected chi connectivity index (χ0v) is 20.4. The van der Waals surface area contributed by atoms with Gasteiger partial charge >= 0.3 is 0 Å². The lowest BCUT2D eigenvalue weighted by Crippen LogP contribution is -2.44. The van der Waals surface area contributed by atoms with E-state index in [9.17, 15) is 14.4 Å². The van der Waals surface area contributed by atoms with Crippen molar-refractivity contribution in [3.8, 4) is 0 Å². The van der Waals surface area contributed by atoms with Crippen LogP contribution in [-0.4, -0.2) is 51.3 Å². The summed E-state index contributed by atoms with van der Waals surface area (Å²) in [5.41, 5.74) is 1.39. The fraction of sp³-hybridized carbons (Fsp3) is 0.440. The van der Waals surface area contributed by atoms with Crippen LogP contribution in [0.25, 0.3) is 10.2 Å². The number of nitrogens with zero attached hydrogens (tertiary/aromatic N) is 4. The minimum absolute atomic E-state index is 0.0340. The first-order chi connectivity index (χ1) is 15.7. The summed E-state index contributed by atoms with van der Waals surface area (Å²) in [5.74, 6) is 0.701. The highest BCUT2D eigenvalue weighted by Gasteiger charge is 2.27. The van der Waals surface area contributed by atoms with Crippen LogP contribution in [0.1, 0.15) is 41.1 Å². The monoisotopic (exact) mass is 466 g/mol. The summed E-state index contributed by atoms with van der Waals surface area (Å²) in [7, 11) is 1.75. The van der Waals surface area contributed by atoms with Gasteiger partial charge in [-0.3, -0.25) is 19.0 Å². The normalized spacial score (nSPS) is 18.5. The molecule has 1 fully saturated rings. The van der Waals surface area contributed by atoms with E-state index in [2.05, 4.69) is 18.8 Å². The Morgan fingerprint density at radius 2 is 1.82 bits per heavy atom. The van der Waals surface area contributed by atoms with Gasteiger partial charge in [0.1, 0.15) is 11.4 Å². The number of amides is 2. The molecule has 3 heterocycles. The Balaban J connectivity index is 1.57. The Labute approximate surface area is 197 Å². The average molecular weight is 467 g/mol. The highest BCUT2D eigenvalue weighted by atomic mass is 32.1. The predicted molar refractivity (Wildman–Crippen MR) is 130 cm³/mol. The van der Waals surface area contributed by atoms with Crippen LogP contribution >= 0.6 is 11.3 Å². The number of hydrogen-bond acceptors (Lipinski definition) is 5. The number of aromatic nitrogens is 2. The number of benzene rings is 1. The molecule has 1 saturated heterocycles. The number of carbonyl (C=O) groups is 2. The van der Waals surface area contributed by atoms with Gasteiger partial charge in [0.2, 0.25) is 5.91 Å². The van der Waals surface area contributed by atoms with Crippen LogP contribution in [0, 0.1) is 18.8 Å². The highest BCUT2D eigenvalue weighted by molar-refractivity contribution is 7.20. The Morgan fingerprint density at radius 3 is 2.48 bits per heavy atom. The Bertz CT molecular complexity index is 1220. The van der Waals surface area contributed by atoms with E-state index in [4.69, 9.17) is 0 Å². The van der Waals surface area contributed by atoms with Crippen molar-refractivity contribution >= 4 is 33.4 Å². The first-order valence-electron chi connectivity index (χ1n) is 11.3. The molecule has 4 rings (SSSR count). The molecule has 2 amide bonds. The molecule has 3 aromatic rings. The van der Waals surface area contributed by atoms with E-state index >= 15 is 0 Å². The molecule has 0 spiro atoms. The number of fused-ring (bicyclic) bond motifs is 1. The van der Waals surface area contributed by atoms with Gasteiger partial charge in [0, 0.05) is 26.7 Å². The average Bonchev–Trinajstić information content (AvgIpc) is 3.12. The van der Waals surface area contributed by atoms with Gasteiger partial charge in [-0.2, -0.15) is 0 Å². The molecule has 2 atom stereocenters. The number of piperidine rings is 1. The maximum absolute atomic E-state index is 13.2. The molecular formula is C25H30N4O3S. The molecule has 7 nitrogen and oxygen atoms in total. The second-order valence-corrected chi connectivity index (χ2v) is 10.3. The van der Waals surface area contributed by atoms with Gasteiger partial charge < -0.3 is 9.80 Å². The van der Waals surface area contributed by atoms with Crippen LogP contribution in [-0.2, 0) is 17.9 Å². The van der Waals surface area contributed by atoms with Crippen LogP contribution in [0.4, 0.5) is 0 Å². The first kappa shape index (κ1) is 23.2. The van der Waals surface area contributed by atoms with Crippen LogP contribution in [0.15, 0.2) is 41.5 Å². The van der Waals surface area contributed by atoms with E-state index in [1.807, 2.05) is 35.2 Å². The molecule has 1 aromatic carbocycles. The van der Waals surface area contributed by atoms with E-state index in [0.717, 1.165) is 25.1 Å². The van der Waals surface area contributed by atoms with Crippen molar-refractivity contribution in [3.63, 3.8) is 0 Å². The van der Waals surface area contributed by atoms with E-state index in [1.165, 1.54) is 22.2 Å². The van der Waals surface area contributed by atoms with Crippen molar-refractivity contribution in [1.29, 1.82) is 0 Å². The Kier molecular flexibility index (Phi) is 6.65. The topological polar surface area (TPSA) is 75.5 Å². The molecular weight excluding hydrogens is 436 g/mol. The van der Waals surface area contributed by atoms with Gasteiger partial charge in [-0.05, 0) is 36.3 Å². The third kappa shape index (κ3) is 4.85. The summed E-state index contributed by atoms with van der Waals surface area (Å²) in [4.78, 5) is 48.2. The number of aryl methyl sites for hydroxylation is 1. The highest BCUT2D eigenvalue weighted by Crippen LogP contribution is 2.28. The molecule has 8 heteroatoms. The summed E-state index contributed by atoms with van der Waals surface area (Å²) in [6, 6.07) is 9.77. The molecule has 0 bridgehead atoms. The number of carbonyl (C=O) groups excluding carboxylic acids is 2.